The molecule has 0 aliphatic carbocycles. The lowest BCUT2D eigenvalue weighted by Crippen LogP contribution is -2.34. The normalized spacial score (nSPS) is 11.0. The third-order valence-electron chi connectivity index (χ3n) is 3.39. The summed E-state index contributed by atoms with van der Waals surface area (Å²) in [6.07, 6.45) is 0. The molecule has 2 aromatic carbocycles. The molecule has 0 aromatic heterocycles. The first-order valence-electron chi connectivity index (χ1n) is 7.60. The highest BCUT2D eigenvalue weighted by Gasteiger charge is 2.23. The van der Waals surface area contributed by atoms with E-state index in [1.54, 1.807) is 6.07 Å². The minimum atomic E-state index is -4.06. The van der Waals surface area contributed by atoms with Gasteiger partial charge < -0.3 is 15.3 Å². The van der Waals surface area contributed by atoms with E-state index in [0.717, 1.165) is 0 Å². The van der Waals surface area contributed by atoms with Crippen LogP contribution in [0.2, 0.25) is 0 Å². The molecule has 9 heteroatoms. The Balaban J connectivity index is 2.10. The van der Waals surface area contributed by atoms with Crippen LogP contribution in [0.5, 0.6) is 5.75 Å². The van der Waals surface area contributed by atoms with Crippen LogP contribution in [-0.4, -0.2) is 50.9 Å². The van der Waals surface area contributed by atoms with Gasteiger partial charge in [-0.3, -0.25) is 9.59 Å². The Morgan fingerprint density at radius 3 is 2.27 bits per heavy atom. The summed E-state index contributed by atoms with van der Waals surface area (Å²) in [6.45, 7) is -0.506. The zero-order valence-electron chi connectivity index (χ0n) is 14.3. The minimum absolute atomic E-state index is 0.0175. The number of anilines is 1. The number of amides is 2. The highest BCUT2D eigenvalue weighted by atomic mass is 32.2. The lowest BCUT2D eigenvalue weighted by atomic mass is 10.2. The summed E-state index contributed by atoms with van der Waals surface area (Å²) in [7, 11) is -1.03. The standard InChI is InChI=1S/C17H19N3O5S/c1-20(2)17(23)14-5-3-4-6-15(14)26(24,25)18-11-16(22)19-12-7-9-13(21)10-8-12/h3-10,18,21H,11H2,1-2H3,(H,19,22). The third-order valence-corrected chi connectivity index (χ3v) is 4.85. The molecule has 138 valence electrons. The molecule has 2 aromatic rings. The van der Waals surface area contributed by atoms with Gasteiger partial charge >= 0.3 is 0 Å². The van der Waals surface area contributed by atoms with Gasteiger partial charge in [-0.15, -0.1) is 0 Å². The van der Waals surface area contributed by atoms with E-state index in [1.807, 2.05) is 0 Å². The molecule has 0 unspecified atom stereocenters. The number of carbonyl (C=O) groups is 2. The average Bonchev–Trinajstić information content (AvgIpc) is 2.61. The Morgan fingerprint density at radius 1 is 1.04 bits per heavy atom. The maximum atomic E-state index is 12.5. The van der Waals surface area contributed by atoms with Crippen molar-refractivity contribution in [2.75, 3.05) is 26.0 Å². The molecule has 0 saturated carbocycles. The lowest BCUT2D eigenvalue weighted by molar-refractivity contribution is -0.115. The van der Waals surface area contributed by atoms with Crippen molar-refractivity contribution in [1.29, 1.82) is 0 Å². The number of hydrogen-bond donors (Lipinski definition) is 3. The molecule has 3 N–H and O–H groups in total. The molecule has 2 rings (SSSR count). The molecule has 0 aliphatic heterocycles. The highest BCUT2D eigenvalue weighted by Crippen LogP contribution is 2.17. The molecule has 0 atom stereocenters. The Labute approximate surface area is 151 Å². The largest absolute Gasteiger partial charge is 0.508 e. The van der Waals surface area contributed by atoms with Gasteiger partial charge in [0.2, 0.25) is 15.9 Å². The molecule has 0 aliphatic rings. The molecule has 26 heavy (non-hydrogen) atoms. The van der Waals surface area contributed by atoms with Gasteiger partial charge in [-0.2, -0.15) is 0 Å². The quantitative estimate of drug-likeness (QED) is 0.650. The zero-order chi connectivity index (χ0) is 19.3. The number of sulfonamides is 1. The fourth-order valence-corrected chi connectivity index (χ4v) is 3.29. The highest BCUT2D eigenvalue weighted by molar-refractivity contribution is 7.89. The number of nitrogens with one attached hydrogen (secondary N) is 2. The van der Waals surface area contributed by atoms with Crippen molar-refractivity contribution < 1.29 is 23.1 Å². The van der Waals surface area contributed by atoms with E-state index in [-0.39, 0.29) is 16.2 Å². The molecule has 0 fully saturated rings. The van der Waals surface area contributed by atoms with Crippen molar-refractivity contribution in [3.63, 3.8) is 0 Å². The molecular formula is C17H19N3O5S. The Bertz CT molecular complexity index is 908. The van der Waals surface area contributed by atoms with Crippen LogP contribution in [0.1, 0.15) is 10.4 Å². The van der Waals surface area contributed by atoms with Gasteiger partial charge in [0.1, 0.15) is 5.75 Å². The van der Waals surface area contributed by atoms with Gasteiger partial charge in [0.25, 0.3) is 5.91 Å². The first-order valence-corrected chi connectivity index (χ1v) is 9.08. The van der Waals surface area contributed by atoms with Crippen molar-refractivity contribution in [2.45, 2.75) is 4.90 Å². The van der Waals surface area contributed by atoms with Crippen LogP contribution < -0.4 is 10.0 Å². The zero-order valence-corrected chi connectivity index (χ0v) is 15.1. The topological polar surface area (TPSA) is 116 Å². The van der Waals surface area contributed by atoms with E-state index in [1.165, 1.54) is 61.5 Å². The van der Waals surface area contributed by atoms with Crippen LogP contribution in [0, 0.1) is 0 Å². The molecule has 0 heterocycles. The van der Waals surface area contributed by atoms with Crippen molar-refractivity contribution in [2.24, 2.45) is 0 Å². The summed E-state index contributed by atoms with van der Waals surface area (Å²) in [5.74, 6) is -0.999. The molecule has 8 nitrogen and oxygen atoms in total. The molecule has 0 spiro atoms. The van der Waals surface area contributed by atoms with Gasteiger partial charge in [0.05, 0.1) is 17.0 Å². The van der Waals surface area contributed by atoms with Crippen molar-refractivity contribution in [3.8, 4) is 5.75 Å². The minimum Gasteiger partial charge on any atom is -0.508 e. The van der Waals surface area contributed by atoms with E-state index in [9.17, 15) is 23.1 Å². The number of phenols is 1. The number of hydrogen-bond acceptors (Lipinski definition) is 5. The van der Waals surface area contributed by atoms with Gasteiger partial charge in [0, 0.05) is 19.8 Å². The van der Waals surface area contributed by atoms with Crippen LogP contribution in [0.25, 0.3) is 0 Å². The van der Waals surface area contributed by atoms with Gasteiger partial charge in [-0.1, -0.05) is 12.1 Å². The summed E-state index contributed by atoms with van der Waals surface area (Å²) >= 11 is 0. The summed E-state index contributed by atoms with van der Waals surface area (Å²) in [5.41, 5.74) is 0.430. The number of carbonyl (C=O) groups excluding carboxylic acids is 2. The van der Waals surface area contributed by atoms with Gasteiger partial charge in [-0.25, -0.2) is 13.1 Å². The van der Waals surface area contributed by atoms with E-state index in [2.05, 4.69) is 10.0 Å². The van der Waals surface area contributed by atoms with E-state index in [4.69, 9.17) is 0 Å². The molecular weight excluding hydrogens is 358 g/mol. The fourth-order valence-electron chi connectivity index (χ4n) is 2.11. The molecule has 2 amide bonds. The van der Waals surface area contributed by atoms with E-state index in [0.29, 0.717) is 5.69 Å². The second-order valence-electron chi connectivity index (χ2n) is 5.62. The maximum absolute atomic E-state index is 12.5. The number of aromatic hydroxyl groups is 1. The molecule has 0 bridgehead atoms. The first-order chi connectivity index (χ1) is 12.2. The van der Waals surface area contributed by atoms with Crippen LogP contribution in [0.15, 0.2) is 53.4 Å². The molecule has 0 radical (unpaired) electrons. The Kier molecular flexibility index (Phi) is 5.96. The Hall–Kier alpha value is -2.91. The lowest BCUT2D eigenvalue weighted by Gasteiger charge is -2.14. The van der Waals surface area contributed by atoms with E-state index < -0.39 is 28.4 Å². The van der Waals surface area contributed by atoms with E-state index >= 15 is 0 Å². The van der Waals surface area contributed by atoms with Crippen molar-refractivity contribution in [1.82, 2.24) is 9.62 Å². The Morgan fingerprint density at radius 2 is 1.65 bits per heavy atom. The van der Waals surface area contributed by atoms with Crippen LogP contribution in [0.4, 0.5) is 5.69 Å². The number of phenolic OH excluding ortho intramolecular Hbond substituents is 1. The van der Waals surface area contributed by atoms with Gasteiger partial charge in [-0.05, 0) is 36.4 Å². The number of nitrogens with zero attached hydrogens (tertiary/aromatic N) is 1. The predicted octanol–water partition coefficient (Wildman–Crippen LogP) is 1.01. The van der Waals surface area contributed by atoms with Crippen LogP contribution >= 0.6 is 0 Å². The fraction of sp³-hybridized carbons (Fsp3) is 0.176. The monoisotopic (exact) mass is 377 g/mol. The second kappa shape index (κ2) is 7.98. The maximum Gasteiger partial charge on any atom is 0.254 e. The summed E-state index contributed by atoms with van der Waals surface area (Å²) in [6, 6.07) is 11.5. The third kappa shape index (κ3) is 4.80. The average molecular weight is 377 g/mol. The predicted molar refractivity (Wildman–Crippen MR) is 96.4 cm³/mol. The summed E-state index contributed by atoms with van der Waals surface area (Å²) < 4.78 is 27.2. The molecule has 0 saturated heterocycles. The van der Waals surface area contributed by atoms with Crippen molar-refractivity contribution in [3.05, 3.63) is 54.1 Å². The van der Waals surface area contributed by atoms with Crippen LogP contribution in [0.3, 0.4) is 0 Å². The SMILES string of the molecule is CN(C)C(=O)c1ccccc1S(=O)(=O)NCC(=O)Nc1ccc(O)cc1. The smallest absolute Gasteiger partial charge is 0.254 e. The number of benzene rings is 2. The summed E-state index contributed by atoms with van der Waals surface area (Å²) in [4.78, 5) is 25.2. The number of rotatable bonds is 6. The van der Waals surface area contributed by atoms with Gasteiger partial charge in [0.15, 0.2) is 0 Å². The van der Waals surface area contributed by atoms with Crippen LogP contribution in [-0.2, 0) is 14.8 Å². The second-order valence-corrected chi connectivity index (χ2v) is 7.35. The first kappa shape index (κ1) is 19.4. The van der Waals surface area contributed by atoms with Crippen molar-refractivity contribution >= 4 is 27.5 Å². The summed E-state index contributed by atoms with van der Waals surface area (Å²) in [5, 5.41) is 11.7.